The lowest BCUT2D eigenvalue weighted by molar-refractivity contribution is 0.0911. The molecular weight excluding hydrogens is 302 g/mol. The fraction of sp³-hybridized carbons (Fsp3) is 0.300. The molecule has 1 amide bonds. The van der Waals surface area contributed by atoms with E-state index in [1.807, 2.05) is 56.3 Å². The number of ketones is 1. The molecule has 0 heterocycles. The van der Waals surface area contributed by atoms with Gasteiger partial charge in [-0.05, 0) is 19.4 Å². The second-order valence-corrected chi connectivity index (χ2v) is 5.79. The van der Waals surface area contributed by atoms with E-state index >= 15 is 0 Å². The molecule has 0 aromatic heterocycles. The van der Waals surface area contributed by atoms with Gasteiger partial charge in [0.1, 0.15) is 0 Å². The minimum absolute atomic E-state index is 0.0145. The van der Waals surface area contributed by atoms with Gasteiger partial charge in [0.15, 0.2) is 5.78 Å². The highest BCUT2D eigenvalue weighted by Gasteiger charge is 2.23. The van der Waals surface area contributed by atoms with E-state index in [-0.39, 0.29) is 18.2 Å². The normalized spacial score (nSPS) is 11.6. The van der Waals surface area contributed by atoms with Crippen molar-refractivity contribution in [3.05, 3.63) is 71.3 Å². The Labute approximate surface area is 143 Å². The first-order chi connectivity index (χ1) is 11.5. The summed E-state index contributed by atoms with van der Waals surface area (Å²) in [5.41, 5.74) is 2.83. The molecule has 126 valence electrons. The summed E-state index contributed by atoms with van der Waals surface area (Å²) in [5.74, 6) is 0.0145. The van der Waals surface area contributed by atoms with Crippen LogP contribution in [0, 0.1) is 6.92 Å². The Hall–Kier alpha value is -2.62. The number of Topliss-reactive ketones (excluding diaryl/α,β-unsaturated/α-hetero) is 1. The lowest BCUT2D eigenvalue weighted by Crippen LogP contribution is -2.35. The molecule has 0 spiro atoms. The van der Waals surface area contributed by atoms with Crippen molar-refractivity contribution in [1.82, 2.24) is 4.90 Å². The molecule has 4 nitrogen and oxygen atoms in total. The number of carbonyl (C=O) groups is 2. The van der Waals surface area contributed by atoms with Gasteiger partial charge < -0.3 is 9.64 Å². The third-order valence-electron chi connectivity index (χ3n) is 4.11. The van der Waals surface area contributed by atoms with E-state index in [0.29, 0.717) is 12.1 Å². The van der Waals surface area contributed by atoms with Gasteiger partial charge in [0, 0.05) is 18.5 Å². The van der Waals surface area contributed by atoms with Crippen LogP contribution in [0.3, 0.4) is 0 Å². The van der Waals surface area contributed by atoms with Crippen molar-refractivity contribution in [3.8, 4) is 0 Å². The first kappa shape index (κ1) is 17.7. The summed E-state index contributed by atoms with van der Waals surface area (Å²) in [6.45, 7) is 4.27. The summed E-state index contributed by atoms with van der Waals surface area (Å²) >= 11 is 0. The van der Waals surface area contributed by atoms with Crippen molar-refractivity contribution < 1.29 is 14.3 Å². The SMILES string of the molecule is COC(=O)N(CCC(=O)c1ccccc1)[C@@H](C)c1ccc(C)cc1. The molecule has 0 aliphatic carbocycles. The van der Waals surface area contributed by atoms with Gasteiger partial charge >= 0.3 is 6.09 Å². The van der Waals surface area contributed by atoms with Crippen LogP contribution in [0.2, 0.25) is 0 Å². The molecule has 0 fully saturated rings. The molecule has 0 unspecified atom stereocenters. The number of hydrogen-bond donors (Lipinski definition) is 0. The van der Waals surface area contributed by atoms with Crippen LogP contribution in [0.4, 0.5) is 4.79 Å². The maximum Gasteiger partial charge on any atom is 0.409 e. The van der Waals surface area contributed by atoms with Crippen LogP contribution in [0.25, 0.3) is 0 Å². The van der Waals surface area contributed by atoms with Crippen LogP contribution >= 0.6 is 0 Å². The molecule has 0 aliphatic heterocycles. The molecule has 2 aromatic carbocycles. The highest BCUT2D eigenvalue weighted by atomic mass is 16.5. The molecule has 0 bridgehead atoms. The number of amides is 1. The number of rotatable bonds is 6. The molecular formula is C20H23NO3. The van der Waals surface area contributed by atoms with Gasteiger partial charge in [0.25, 0.3) is 0 Å². The summed E-state index contributed by atoms with van der Waals surface area (Å²) in [6, 6.07) is 17.0. The zero-order valence-corrected chi connectivity index (χ0v) is 14.4. The predicted molar refractivity (Wildman–Crippen MR) is 94.1 cm³/mol. The molecule has 0 saturated heterocycles. The topological polar surface area (TPSA) is 46.6 Å². The largest absolute Gasteiger partial charge is 0.453 e. The molecule has 2 rings (SSSR count). The zero-order valence-electron chi connectivity index (χ0n) is 14.4. The van der Waals surface area contributed by atoms with Gasteiger partial charge in [-0.1, -0.05) is 60.2 Å². The highest BCUT2D eigenvalue weighted by molar-refractivity contribution is 5.96. The summed E-state index contributed by atoms with van der Waals surface area (Å²) in [6.07, 6.45) is -0.168. The Morgan fingerprint density at radius 3 is 2.25 bits per heavy atom. The quantitative estimate of drug-likeness (QED) is 0.740. The van der Waals surface area contributed by atoms with E-state index in [2.05, 4.69) is 0 Å². The number of nitrogens with zero attached hydrogens (tertiary/aromatic N) is 1. The van der Waals surface area contributed by atoms with E-state index < -0.39 is 6.09 Å². The Bertz CT molecular complexity index is 680. The number of hydrogen-bond acceptors (Lipinski definition) is 3. The third kappa shape index (κ3) is 4.44. The summed E-state index contributed by atoms with van der Waals surface area (Å²) in [4.78, 5) is 26.0. The van der Waals surface area contributed by atoms with Gasteiger partial charge in [-0.3, -0.25) is 4.79 Å². The average Bonchev–Trinajstić information content (AvgIpc) is 2.62. The van der Waals surface area contributed by atoms with Gasteiger partial charge in [0.2, 0.25) is 0 Å². The van der Waals surface area contributed by atoms with Gasteiger partial charge in [-0.2, -0.15) is 0 Å². The number of aryl methyl sites for hydroxylation is 1. The van der Waals surface area contributed by atoms with Gasteiger partial charge in [-0.25, -0.2) is 4.79 Å². The van der Waals surface area contributed by atoms with E-state index in [0.717, 1.165) is 11.1 Å². The maximum absolute atomic E-state index is 12.3. The molecule has 4 heteroatoms. The fourth-order valence-corrected chi connectivity index (χ4v) is 2.58. The van der Waals surface area contributed by atoms with E-state index in [4.69, 9.17) is 4.74 Å². The first-order valence-electron chi connectivity index (χ1n) is 8.02. The smallest absolute Gasteiger partial charge is 0.409 e. The third-order valence-corrected chi connectivity index (χ3v) is 4.11. The van der Waals surface area contributed by atoms with Crippen LogP contribution in [0.5, 0.6) is 0 Å². The van der Waals surface area contributed by atoms with E-state index in [9.17, 15) is 9.59 Å². The van der Waals surface area contributed by atoms with Crippen molar-refractivity contribution in [1.29, 1.82) is 0 Å². The predicted octanol–water partition coefficient (Wildman–Crippen LogP) is 4.40. The van der Waals surface area contributed by atoms with E-state index in [1.165, 1.54) is 7.11 Å². The molecule has 0 N–H and O–H groups in total. The van der Waals surface area contributed by atoms with Crippen LogP contribution in [-0.4, -0.2) is 30.4 Å². The van der Waals surface area contributed by atoms with Crippen molar-refractivity contribution in [2.75, 3.05) is 13.7 Å². The van der Waals surface area contributed by atoms with Gasteiger partial charge in [-0.15, -0.1) is 0 Å². The zero-order chi connectivity index (χ0) is 17.5. The monoisotopic (exact) mass is 325 g/mol. The minimum atomic E-state index is -0.427. The number of ether oxygens (including phenoxy) is 1. The molecule has 0 aliphatic rings. The highest BCUT2D eigenvalue weighted by Crippen LogP contribution is 2.22. The maximum atomic E-state index is 12.3. The Morgan fingerprint density at radius 2 is 1.67 bits per heavy atom. The second-order valence-electron chi connectivity index (χ2n) is 5.79. The van der Waals surface area contributed by atoms with Crippen molar-refractivity contribution >= 4 is 11.9 Å². The Balaban J connectivity index is 2.09. The van der Waals surface area contributed by atoms with Crippen molar-refractivity contribution in [2.45, 2.75) is 26.3 Å². The van der Waals surface area contributed by atoms with Crippen LogP contribution in [0.15, 0.2) is 54.6 Å². The fourth-order valence-electron chi connectivity index (χ4n) is 2.58. The summed E-state index contributed by atoms with van der Waals surface area (Å²) in [7, 11) is 1.36. The Morgan fingerprint density at radius 1 is 1.04 bits per heavy atom. The van der Waals surface area contributed by atoms with Crippen LogP contribution in [0.1, 0.15) is 40.9 Å². The summed E-state index contributed by atoms with van der Waals surface area (Å²) in [5, 5.41) is 0. The molecule has 0 saturated carbocycles. The summed E-state index contributed by atoms with van der Waals surface area (Å²) < 4.78 is 4.89. The molecule has 0 radical (unpaired) electrons. The van der Waals surface area contributed by atoms with E-state index in [1.54, 1.807) is 17.0 Å². The lowest BCUT2D eigenvalue weighted by Gasteiger charge is -2.28. The number of carbonyl (C=O) groups excluding carboxylic acids is 2. The standard InChI is InChI=1S/C20H23NO3/c1-15-9-11-17(12-10-15)16(2)21(20(23)24-3)14-13-19(22)18-7-5-4-6-8-18/h4-12,16H,13-14H2,1-3H3/t16-/m0/s1. The average molecular weight is 325 g/mol. The van der Waals surface area contributed by atoms with Crippen molar-refractivity contribution in [3.63, 3.8) is 0 Å². The lowest BCUT2D eigenvalue weighted by atomic mass is 10.0. The molecule has 1 atom stereocenters. The number of methoxy groups -OCH3 is 1. The van der Waals surface area contributed by atoms with Crippen molar-refractivity contribution in [2.24, 2.45) is 0 Å². The van der Waals surface area contributed by atoms with Gasteiger partial charge in [0.05, 0.1) is 13.2 Å². The minimum Gasteiger partial charge on any atom is -0.453 e. The number of benzene rings is 2. The Kier molecular flexibility index (Phi) is 6.13. The molecule has 24 heavy (non-hydrogen) atoms. The first-order valence-corrected chi connectivity index (χ1v) is 8.02. The second kappa shape index (κ2) is 8.29. The van der Waals surface area contributed by atoms with Crippen LogP contribution in [-0.2, 0) is 4.74 Å². The molecule has 2 aromatic rings. The van der Waals surface area contributed by atoms with Crippen LogP contribution < -0.4 is 0 Å².